The molecule has 3 nitrogen and oxygen atoms in total. The van der Waals surface area contributed by atoms with Crippen LogP contribution in [0.5, 0.6) is 11.5 Å². The van der Waals surface area contributed by atoms with Crippen LogP contribution in [0.25, 0.3) is 0 Å². The van der Waals surface area contributed by atoms with Crippen LogP contribution in [0.4, 0.5) is 0 Å². The first-order valence-electron chi connectivity index (χ1n) is 4.91. The number of rotatable bonds is 0. The Morgan fingerprint density at radius 2 is 2.00 bits per heavy atom. The predicted molar refractivity (Wildman–Crippen MR) is 69.3 cm³/mol. The summed E-state index contributed by atoms with van der Waals surface area (Å²) in [5, 5.41) is 0. The first-order chi connectivity index (χ1) is 8.15. The second kappa shape index (κ2) is 3.99. The molecule has 0 fully saturated rings. The maximum absolute atomic E-state index is 11.9. The first kappa shape index (κ1) is 11.0. The summed E-state index contributed by atoms with van der Waals surface area (Å²) in [6, 6.07) is 5.40. The maximum atomic E-state index is 11.9. The number of halogens is 2. The molecule has 0 saturated carbocycles. The number of allylic oxidation sites excluding steroid dienone is 3. The number of hydrogen-bond acceptors (Lipinski definition) is 3. The molecule has 1 aromatic carbocycles. The zero-order chi connectivity index (χ0) is 12.0. The van der Waals surface area contributed by atoms with Crippen molar-refractivity contribution < 1.29 is 14.3 Å². The highest BCUT2D eigenvalue weighted by atomic mass is 79.9. The summed E-state index contributed by atoms with van der Waals surface area (Å²) in [5.74, 6) is 1.73. The Balaban J connectivity index is 2.05. The summed E-state index contributed by atoms with van der Waals surface area (Å²) in [6.07, 6.45) is 3.47. The highest BCUT2D eigenvalue weighted by molar-refractivity contribution is 9.10. The second-order valence-electron chi connectivity index (χ2n) is 3.61. The fraction of sp³-hybridized carbons (Fsp3) is 0.0833. The average Bonchev–Trinajstić information content (AvgIpc) is 2.32. The zero-order valence-corrected chi connectivity index (χ0v) is 11.6. The number of fused-ring (bicyclic) bond motifs is 1. The van der Waals surface area contributed by atoms with Crippen molar-refractivity contribution in [1.82, 2.24) is 0 Å². The molecule has 2 aliphatic rings. The largest absolute Gasteiger partial charge is 0.449 e. The lowest BCUT2D eigenvalue weighted by Gasteiger charge is -2.24. The van der Waals surface area contributed by atoms with Gasteiger partial charge in [-0.2, -0.15) is 0 Å². The van der Waals surface area contributed by atoms with Gasteiger partial charge in [0, 0.05) is 4.47 Å². The molecular formula is C12H6Br2O3. The van der Waals surface area contributed by atoms with E-state index in [1.807, 2.05) is 6.07 Å². The van der Waals surface area contributed by atoms with Gasteiger partial charge < -0.3 is 9.47 Å². The minimum atomic E-state index is -0.346. The third kappa shape index (κ3) is 1.83. The molecular weight excluding hydrogens is 352 g/mol. The molecule has 0 radical (unpaired) electrons. The number of Topliss-reactive ketones (excluding diaryl/α,β-unsaturated/α-hetero) is 1. The van der Waals surface area contributed by atoms with Gasteiger partial charge in [-0.1, -0.05) is 37.9 Å². The van der Waals surface area contributed by atoms with Crippen molar-refractivity contribution in [3.05, 3.63) is 46.3 Å². The molecule has 0 spiro atoms. The number of carbonyl (C=O) groups is 1. The lowest BCUT2D eigenvalue weighted by molar-refractivity contribution is -0.116. The van der Waals surface area contributed by atoms with E-state index >= 15 is 0 Å². The van der Waals surface area contributed by atoms with E-state index in [2.05, 4.69) is 31.9 Å². The predicted octanol–water partition coefficient (Wildman–Crippen LogP) is 3.33. The molecule has 5 heteroatoms. The molecule has 1 aliphatic carbocycles. The van der Waals surface area contributed by atoms with Crippen LogP contribution in [0.15, 0.2) is 46.3 Å². The quantitative estimate of drug-likeness (QED) is 0.668. The Kier molecular flexibility index (Phi) is 2.60. The normalized spacial score (nSPS) is 21.5. The molecule has 1 aliphatic heterocycles. The Morgan fingerprint density at radius 1 is 1.18 bits per heavy atom. The first-order valence-corrected chi connectivity index (χ1v) is 6.62. The Morgan fingerprint density at radius 3 is 2.82 bits per heavy atom. The van der Waals surface area contributed by atoms with Gasteiger partial charge in [-0.05, 0) is 24.3 Å². The molecule has 86 valence electrons. The van der Waals surface area contributed by atoms with Gasteiger partial charge in [0.15, 0.2) is 17.3 Å². The smallest absolute Gasteiger partial charge is 0.219 e. The number of carbonyl (C=O) groups excluding carboxylic acids is 1. The molecule has 1 aromatic rings. The maximum Gasteiger partial charge on any atom is 0.219 e. The molecule has 0 N–H and O–H groups in total. The van der Waals surface area contributed by atoms with E-state index in [0.717, 1.165) is 4.47 Å². The van der Waals surface area contributed by atoms with E-state index in [-0.39, 0.29) is 16.4 Å². The van der Waals surface area contributed by atoms with E-state index in [4.69, 9.17) is 9.47 Å². The Hall–Kier alpha value is -1.07. The van der Waals surface area contributed by atoms with Crippen LogP contribution in [0.1, 0.15) is 0 Å². The van der Waals surface area contributed by atoms with E-state index in [9.17, 15) is 4.79 Å². The molecule has 1 heterocycles. The molecule has 0 aromatic heterocycles. The summed E-state index contributed by atoms with van der Waals surface area (Å²) in [4.78, 5) is 11.5. The van der Waals surface area contributed by atoms with Crippen molar-refractivity contribution in [2.24, 2.45) is 0 Å². The van der Waals surface area contributed by atoms with Crippen molar-refractivity contribution in [2.45, 2.75) is 4.83 Å². The minimum absolute atomic E-state index is 0.129. The molecule has 0 amide bonds. The SMILES string of the molecule is O=C1C2=C(C=CC1Br)Oc1cc(Br)ccc1O2. The third-order valence-electron chi connectivity index (χ3n) is 2.45. The van der Waals surface area contributed by atoms with E-state index in [1.165, 1.54) is 0 Å². The lowest BCUT2D eigenvalue weighted by Crippen LogP contribution is -2.26. The van der Waals surface area contributed by atoms with Crippen molar-refractivity contribution in [3.63, 3.8) is 0 Å². The van der Waals surface area contributed by atoms with Gasteiger partial charge in [0.1, 0.15) is 0 Å². The monoisotopic (exact) mass is 356 g/mol. The topological polar surface area (TPSA) is 35.5 Å². The molecule has 3 rings (SSSR count). The fourth-order valence-electron chi connectivity index (χ4n) is 1.64. The van der Waals surface area contributed by atoms with Crippen LogP contribution < -0.4 is 9.47 Å². The number of ketones is 1. The zero-order valence-electron chi connectivity index (χ0n) is 8.44. The van der Waals surface area contributed by atoms with Crippen molar-refractivity contribution in [2.75, 3.05) is 0 Å². The van der Waals surface area contributed by atoms with Crippen LogP contribution >= 0.6 is 31.9 Å². The van der Waals surface area contributed by atoms with Crippen molar-refractivity contribution in [1.29, 1.82) is 0 Å². The van der Waals surface area contributed by atoms with Gasteiger partial charge in [-0.15, -0.1) is 0 Å². The molecule has 1 unspecified atom stereocenters. The molecule has 0 saturated heterocycles. The second-order valence-corrected chi connectivity index (χ2v) is 5.52. The fourth-order valence-corrected chi connectivity index (χ4v) is 2.34. The molecule has 17 heavy (non-hydrogen) atoms. The van der Waals surface area contributed by atoms with Crippen LogP contribution in [0.3, 0.4) is 0 Å². The summed E-state index contributed by atoms with van der Waals surface area (Å²) in [7, 11) is 0. The van der Waals surface area contributed by atoms with Crippen LogP contribution in [0, 0.1) is 0 Å². The lowest BCUT2D eigenvalue weighted by atomic mass is 10.1. The van der Waals surface area contributed by atoms with Crippen LogP contribution in [0.2, 0.25) is 0 Å². The number of alkyl halides is 1. The standard InChI is InChI=1S/C12H6Br2O3/c13-6-1-3-8-10(5-6)16-9-4-2-7(14)11(15)12(9)17-8/h1-5,7H. The van der Waals surface area contributed by atoms with Gasteiger partial charge in [0.25, 0.3) is 0 Å². The number of benzene rings is 1. The third-order valence-corrected chi connectivity index (χ3v) is 3.67. The van der Waals surface area contributed by atoms with Gasteiger partial charge >= 0.3 is 0 Å². The summed E-state index contributed by atoms with van der Waals surface area (Å²) in [5.41, 5.74) is 0. The van der Waals surface area contributed by atoms with Crippen molar-refractivity contribution in [3.8, 4) is 11.5 Å². The summed E-state index contributed by atoms with van der Waals surface area (Å²) in [6.45, 7) is 0. The molecule has 1 atom stereocenters. The Labute approximate surface area is 114 Å². The molecule has 0 bridgehead atoms. The van der Waals surface area contributed by atoms with E-state index < -0.39 is 0 Å². The number of ether oxygens (including phenoxy) is 2. The Bertz CT molecular complexity index is 575. The minimum Gasteiger partial charge on any atom is -0.449 e. The van der Waals surface area contributed by atoms with Crippen molar-refractivity contribution >= 4 is 37.6 Å². The summed E-state index contributed by atoms with van der Waals surface area (Å²) < 4.78 is 12.1. The average molecular weight is 358 g/mol. The van der Waals surface area contributed by atoms with Gasteiger partial charge in [-0.25, -0.2) is 0 Å². The van der Waals surface area contributed by atoms with E-state index in [0.29, 0.717) is 17.3 Å². The van der Waals surface area contributed by atoms with Gasteiger partial charge in [0.05, 0.1) is 4.83 Å². The highest BCUT2D eigenvalue weighted by Crippen LogP contribution is 2.39. The van der Waals surface area contributed by atoms with E-state index in [1.54, 1.807) is 24.3 Å². The summed E-state index contributed by atoms with van der Waals surface area (Å²) >= 11 is 6.61. The van der Waals surface area contributed by atoms with Crippen LogP contribution in [-0.4, -0.2) is 10.6 Å². The number of hydrogen-bond donors (Lipinski definition) is 0. The van der Waals surface area contributed by atoms with Gasteiger partial charge in [-0.3, -0.25) is 4.79 Å². The van der Waals surface area contributed by atoms with Gasteiger partial charge in [0.2, 0.25) is 11.5 Å². The van der Waals surface area contributed by atoms with Crippen LogP contribution in [-0.2, 0) is 4.79 Å². The highest BCUT2D eigenvalue weighted by Gasteiger charge is 2.31.